The smallest absolute Gasteiger partial charge is 0.253 e. The minimum Gasteiger partial charge on any atom is -0.376 e. The van der Waals surface area contributed by atoms with Gasteiger partial charge in [0, 0.05) is 43.2 Å². The molecule has 0 unspecified atom stereocenters. The minimum absolute atomic E-state index is 0.0235. The van der Waals surface area contributed by atoms with Crippen LogP contribution in [-0.2, 0) is 4.74 Å². The Kier molecular flexibility index (Phi) is 6.19. The third-order valence-electron chi connectivity index (χ3n) is 4.71. The van der Waals surface area contributed by atoms with Crippen molar-refractivity contribution in [3.63, 3.8) is 0 Å². The zero-order valence-electron chi connectivity index (χ0n) is 15.6. The Morgan fingerprint density at radius 1 is 1.19 bits per heavy atom. The standard InChI is InChI=1S/C21H25N3O3/c1-2-10-27-19-4-3-9-24(14-19)21(26)16-7-5-15(6-8-16)17-11-18(20(22)25)13-23-12-17/h5-8,11-13,19H,2-4,9-10,14H2,1H3,(H2,22,25)/t19-/m1/s1. The number of benzene rings is 1. The highest BCUT2D eigenvalue weighted by molar-refractivity contribution is 5.95. The van der Waals surface area contributed by atoms with E-state index in [2.05, 4.69) is 11.9 Å². The van der Waals surface area contributed by atoms with Gasteiger partial charge in [-0.15, -0.1) is 0 Å². The summed E-state index contributed by atoms with van der Waals surface area (Å²) in [4.78, 5) is 30.0. The monoisotopic (exact) mass is 367 g/mol. The number of primary amides is 1. The Morgan fingerprint density at radius 2 is 1.96 bits per heavy atom. The summed E-state index contributed by atoms with van der Waals surface area (Å²) in [7, 11) is 0. The lowest BCUT2D eigenvalue weighted by molar-refractivity contribution is 0.00211. The number of rotatable bonds is 6. The minimum atomic E-state index is -0.513. The first kappa shape index (κ1) is 19.0. The molecule has 0 spiro atoms. The van der Waals surface area contributed by atoms with Gasteiger partial charge in [-0.25, -0.2) is 0 Å². The van der Waals surface area contributed by atoms with E-state index in [-0.39, 0.29) is 12.0 Å². The van der Waals surface area contributed by atoms with E-state index in [4.69, 9.17) is 10.5 Å². The fourth-order valence-electron chi connectivity index (χ4n) is 3.26. The molecule has 0 aliphatic carbocycles. The van der Waals surface area contributed by atoms with Crippen molar-refractivity contribution in [1.29, 1.82) is 0 Å². The fraction of sp³-hybridized carbons (Fsp3) is 0.381. The summed E-state index contributed by atoms with van der Waals surface area (Å²) in [6.45, 7) is 4.23. The van der Waals surface area contributed by atoms with Crippen molar-refractivity contribution in [2.75, 3.05) is 19.7 Å². The van der Waals surface area contributed by atoms with Gasteiger partial charge in [-0.05, 0) is 43.0 Å². The van der Waals surface area contributed by atoms with Crippen molar-refractivity contribution in [1.82, 2.24) is 9.88 Å². The third-order valence-corrected chi connectivity index (χ3v) is 4.71. The Morgan fingerprint density at radius 3 is 2.67 bits per heavy atom. The molecule has 1 fully saturated rings. The Labute approximate surface area is 159 Å². The van der Waals surface area contributed by atoms with Crippen LogP contribution in [0.1, 0.15) is 46.9 Å². The lowest BCUT2D eigenvalue weighted by Gasteiger charge is -2.32. The van der Waals surface area contributed by atoms with E-state index in [9.17, 15) is 9.59 Å². The number of aromatic nitrogens is 1. The number of ether oxygens (including phenoxy) is 1. The molecule has 27 heavy (non-hydrogen) atoms. The molecular weight excluding hydrogens is 342 g/mol. The van der Waals surface area contributed by atoms with Crippen LogP contribution in [0.4, 0.5) is 0 Å². The van der Waals surface area contributed by atoms with E-state index in [1.165, 1.54) is 6.20 Å². The molecule has 1 saturated heterocycles. The average molecular weight is 367 g/mol. The molecule has 1 aliphatic heterocycles. The van der Waals surface area contributed by atoms with Crippen LogP contribution in [0.2, 0.25) is 0 Å². The van der Waals surface area contributed by atoms with Crippen LogP contribution in [0, 0.1) is 0 Å². The quantitative estimate of drug-likeness (QED) is 0.851. The molecule has 6 heteroatoms. The second-order valence-corrected chi connectivity index (χ2v) is 6.79. The Bertz CT molecular complexity index is 805. The number of nitrogens with two attached hydrogens (primary N) is 1. The molecule has 3 rings (SSSR count). The highest BCUT2D eigenvalue weighted by atomic mass is 16.5. The van der Waals surface area contributed by atoms with E-state index >= 15 is 0 Å². The van der Waals surface area contributed by atoms with Gasteiger partial charge in [0.25, 0.3) is 5.91 Å². The molecule has 1 aromatic carbocycles. The Balaban J connectivity index is 1.70. The number of carbonyl (C=O) groups is 2. The van der Waals surface area contributed by atoms with Crippen molar-refractivity contribution >= 4 is 11.8 Å². The summed E-state index contributed by atoms with van der Waals surface area (Å²) in [6.07, 6.45) is 6.19. The first-order valence-electron chi connectivity index (χ1n) is 9.34. The van der Waals surface area contributed by atoms with Crippen LogP contribution in [0.25, 0.3) is 11.1 Å². The number of pyridine rings is 1. The lowest BCUT2D eigenvalue weighted by Crippen LogP contribution is -2.43. The van der Waals surface area contributed by atoms with E-state index in [1.807, 2.05) is 29.2 Å². The van der Waals surface area contributed by atoms with Gasteiger partial charge >= 0.3 is 0 Å². The molecule has 0 saturated carbocycles. The number of hydrogen-bond donors (Lipinski definition) is 1. The average Bonchev–Trinajstić information content (AvgIpc) is 2.72. The summed E-state index contributed by atoms with van der Waals surface area (Å²) in [6, 6.07) is 9.05. The zero-order valence-corrected chi connectivity index (χ0v) is 15.6. The molecule has 2 heterocycles. The summed E-state index contributed by atoms with van der Waals surface area (Å²) in [5.41, 5.74) is 7.98. The van der Waals surface area contributed by atoms with Gasteiger partial charge in [-0.2, -0.15) is 0 Å². The van der Waals surface area contributed by atoms with Crippen molar-refractivity contribution in [2.45, 2.75) is 32.3 Å². The number of hydrogen-bond acceptors (Lipinski definition) is 4. The van der Waals surface area contributed by atoms with E-state index < -0.39 is 5.91 Å². The highest BCUT2D eigenvalue weighted by Crippen LogP contribution is 2.22. The van der Waals surface area contributed by atoms with Crippen LogP contribution < -0.4 is 5.73 Å². The molecule has 2 aromatic rings. The molecule has 1 aliphatic rings. The van der Waals surface area contributed by atoms with Crippen LogP contribution in [0.3, 0.4) is 0 Å². The van der Waals surface area contributed by atoms with Gasteiger partial charge in [0.05, 0.1) is 11.7 Å². The first-order chi connectivity index (χ1) is 13.1. The van der Waals surface area contributed by atoms with Gasteiger partial charge < -0.3 is 15.4 Å². The maximum absolute atomic E-state index is 12.8. The molecule has 142 valence electrons. The number of likely N-dealkylation sites (tertiary alicyclic amines) is 1. The molecule has 1 atom stereocenters. The van der Waals surface area contributed by atoms with Crippen LogP contribution in [0.15, 0.2) is 42.7 Å². The molecular formula is C21H25N3O3. The summed E-state index contributed by atoms with van der Waals surface area (Å²) < 4.78 is 5.82. The summed E-state index contributed by atoms with van der Waals surface area (Å²) in [5, 5.41) is 0. The predicted octanol–water partition coefficient (Wildman–Crippen LogP) is 2.88. The van der Waals surface area contributed by atoms with Gasteiger partial charge in [0.15, 0.2) is 0 Å². The van der Waals surface area contributed by atoms with Crippen LogP contribution >= 0.6 is 0 Å². The molecule has 2 amide bonds. The van der Waals surface area contributed by atoms with Crippen molar-refractivity contribution < 1.29 is 14.3 Å². The van der Waals surface area contributed by atoms with E-state index in [1.54, 1.807) is 12.3 Å². The molecule has 6 nitrogen and oxygen atoms in total. The van der Waals surface area contributed by atoms with Crippen molar-refractivity contribution in [3.8, 4) is 11.1 Å². The second kappa shape index (κ2) is 8.77. The zero-order chi connectivity index (χ0) is 19.2. The maximum Gasteiger partial charge on any atom is 0.253 e. The van der Waals surface area contributed by atoms with Crippen LogP contribution in [0.5, 0.6) is 0 Å². The highest BCUT2D eigenvalue weighted by Gasteiger charge is 2.24. The SMILES string of the molecule is CCCO[C@@H]1CCCN(C(=O)c2ccc(-c3cncc(C(N)=O)c3)cc2)C1. The van der Waals surface area contributed by atoms with Gasteiger partial charge in [0.2, 0.25) is 5.91 Å². The van der Waals surface area contributed by atoms with E-state index in [0.29, 0.717) is 17.7 Å². The normalized spacial score (nSPS) is 16.9. The number of carbonyl (C=O) groups excluding carboxylic acids is 2. The molecule has 2 N–H and O–H groups in total. The second-order valence-electron chi connectivity index (χ2n) is 6.79. The molecule has 0 bridgehead atoms. The van der Waals surface area contributed by atoms with Gasteiger partial charge in [0.1, 0.15) is 0 Å². The fourth-order valence-corrected chi connectivity index (χ4v) is 3.26. The summed E-state index contributed by atoms with van der Waals surface area (Å²) >= 11 is 0. The predicted molar refractivity (Wildman–Crippen MR) is 103 cm³/mol. The lowest BCUT2D eigenvalue weighted by atomic mass is 10.0. The van der Waals surface area contributed by atoms with Crippen LogP contribution in [-0.4, -0.2) is 47.5 Å². The first-order valence-corrected chi connectivity index (χ1v) is 9.34. The largest absolute Gasteiger partial charge is 0.376 e. The number of nitrogens with zero attached hydrogens (tertiary/aromatic N) is 2. The van der Waals surface area contributed by atoms with Crippen molar-refractivity contribution in [3.05, 3.63) is 53.9 Å². The topological polar surface area (TPSA) is 85.5 Å². The molecule has 1 aromatic heterocycles. The summed E-state index contributed by atoms with van der Waals surface area (Å²) in [5.74, 6) is -0.489. The van der Waals surface area contributed by atoms with Crippen molar-refractivity contribution in [2.24, 2.45) is 5.73 Å². The number of piperidine rings is 1. The van der Waals surface area contributed by atoms with Gasteiger partial charge in [-0.1, -0.05) is 19.1 Å². The van der Waals surface area contributed by atoms with E-state index in [0.717, 1.165) is 43.5 Å². The maximum atomic E-state index is 12.8. The van der Waals surface area contributed by atoms with Gasteiger partial charge in [-0.3, -0.25) is 14.6 Å². The number of amides is 2. The Hall–Kier alpha value is -2.73. The molecule has 0 radical (unpaired) electrons. The third kappa shape index (κ3) is 4.71.